The number of hydrogen-bond donors (Lipinski definition) is 1. The number of nitrogens with one attached hydrogen (secondary N) is 1. The number of amides is 1. The van der Waals surface area contributed by atoms with E-state index in [1.165, 1.54) is 6.20 Å². The van der Waals surface area contributed by atoms with Gasteiger partial charge in [0.1, 0.15) is 5.52 Å². The molecule has 0 aliphatic heterocycles. The van der Waals surface area contributed by atoms with Crippen LogP contribution in [-0.2, 0) is 16.1 Å². The number of esters is 1. The molecule has 0 spiro atoms. The highest BCUT2D eigenvalue weighted by Crippen LogP contribution is 2.15. The summed E-state index contributed by atoms with van der Waals surface area (Å²) in [4.78, 5) is 32.3. The summed E-state index contributed by atoms with van der Waals surface area (Å²) in [5, 5.41) is 3.22. The van der Waals surface area contributed by atoms with Crippen molar-refractivity contribution >= 4 is 34.5 Å². The molecule has 0 fully saturated rings. The average molecular weight is 356 g/mol. The first-order chi connectivity index (χ1) is 12.1. The number of rotatable bonds is 5. The molecule has 0 aliphatic rings. The van der Waals surface area contributed by atoms with Crippen LogP contribution in [0.1, 0.15) is 15.9 Å². The number of para-hydroxylation sites is 1. The smallest absolute Gasteiger partial charge is 0.340 e. The van der Waals surface area contributed by atoms with E-state index in [0.717, 1.165) is 5.56 Å². The Morgan fingerprint density at radius 1 is 1.04 bits per heavy atom. The summed E-state index contributed by atoms with van der Waals surface area (Å²) < 4.78 is 5.06. The van der Waals surface area contributed by atoms with Crippen LogP contribution in [0.5, 0.6) is 0 Å². The summed E-state index contributed by atoms with van der Waals surface area (Å²) in [6, 6.07) is 12.2. The van der Waals surface area contributed by atoms with Gasteiger partial charge in [0.25, 0.3) is 5.91 Å². The molecule has 126 valence electrons. The predicted octanol–water partition coefficient (Wildman–Crippen LogP) is 2.76. The molecule has 7 heteroatoms. The Balaban J connectivity index is 1.58. The first kappa shape index (κ1) is 16.9. The Hall–Kier alpha value is -2.99. The zero-order valence-electron chi connectivity index (χ0n) is 13.1. The second kappa shape index (κ2) is 7.72. The predicted molar refractivity (Wildman–Crippen MR) is 93.1 cm³/mol. The second-order valence-electron chi connectivity index (χ2n) is 5.17. The number of ether oxygens (including phenoxy) is 1. The van der Waals surface area contributed by atoms with Crippen LogP contribution in [0.3, 0.4) is 0 Å². The zero-order chi connectivity index (χ0) is 17.6. The molecule has 3 rings (SSSR count). The molecule has 0 unspecified atom stereocenters. The molecule has 1 N–H and O–H groups in total. The molecule has 0 saturated carbocycles. The lowest BCUT2D eigenvalue weighted by atomic mass is 10.2. The van der Waals surface area contributed by atoms with Crippen LogP contribution >= 0.6 is 11.6 Å². The van der Waals surface area contributed by atoms with E-state index in [4.69, 9.17) is 16.3 Å². The lowest BCUT2D eigenvalue weighted by Gasteiger charge is -2.08. The van der Waals surface area contributed by atoms with Gasteiger partial charge in [-0.15, -0.1) is 0 Å². The summed E-state index contributed by atoms with van der Waals surface area (Å²) in [7, 11) is 0. The largest absolute Gasteiger partial charge is 0.452 e. The summed E-state index contributed by atoms with van der Waals surface area (Å²) in [5.41, 5.74) is 2.07. The summed E-state index contributed by atoms with van der Waals surface area (Å²) in [6.45, 7) is -0.129. The molecular formula is C18H14ClN3O3. The molecular weight excluding hydrogens is 342 g/mol. The monoisotopic (exact) mass is 355 g/mol. The van der Waals surface area contributed by atoms with Gasteiger partial charge in [-0.3, -0.25) is 14.8 Å². The summed E-state index contributed by atoms with van der Waals surface area (Å²) in [5.74, 6) is -1.04. The van der Waals surface area contributed by atoms with Crippen LogP contribution in [0.15, 0.2) is 54.9 Å². The number of nitrogens with zero attached hydrogens (tertiary/aromatic N) is 2. The lowest BCUT2D eigenvalue weighted by Crippen LogP contribution is -2.28. The van der Waals surface area contributed by atoms with E-state index in [2.05, 4.69) is 15.3 Å². The van der Waals surface area contributed by atoms with Crippen LogP contribution in [0, 0.1) is 0 Å². The van der Waals surface area contributed by atoms with E-state index < -0.39 is 11.9 Å². The number of hydrogen-bond acceptors (Lipinski definition) is 5. The third-order valence-corrected chi connectivity index (χ3v) is 3.86. The van der Waals surface area contributed by atoms with E-state index in [1.807, 2.05) is 18.2 Å². The third-order valence-electron chi connectivity index (χ3n) is 3.49. The number of carbonyl (C=O) groups excluding carboxylic acids is 2. The fourth-order valence-electron chi connectivity index (χ4n) is 2.25. The van der Waals surface area contributed by atoms with Gasteiger partial charge in [-0.05, 0) is 23.8 Å². The molecule has 0 saturated heterocycles. The number of benzene rings is 2. The number of carbonyl (C=O) groups is 2. The van der Waals surface area contributed by atoms with E-state index in [-0.39, 0.29) is 18.7 Å². The van der Waals surface area contributed by atoms with Crippen LogP contribution in [0.4, 0.5) is 0 Å². The van der Waals surface area contributed by atoms with Gasteiger partial charge < -0.3 is 10.1 Å². The number of fused-ring (bicyclic) bond motifs is 1. The van der Waals surface area contributed by atoms with Crippen molar-refractivity contribution in [2.45, 2.75) is 6.54 Å². The normalized spacial score (nSPS) is 10.4. The first-order valence-electron chi connectivity index (χ1n) is 7.52. The van der Waals surface area contributed by atoms with Crippen molar-refractivity contribution in [3.05, 3.63) is 71.0 Å². The standard InChI is InChI=1S/C18H14ClN3O3/c19-14-6-2-1-4-12(14)10-22-16(23)11-25-18(24)13-5-3-7-15-17(13)21-9-8-20-15/h1-9H,10-11H2,(H,22,23). The second-order valence-corrected chi connectivity index (χ2v) is 5.58. The Morgan fingerprint density at radius 3 is 2.68 bits per heavy atom. The molecule has 0 bridgehead atoms. The van der Waals surface area contributed by atoms with Crippen molar-refractivity contribution in [1.82, 2.24) is 15.3 Å². The van der Waals surface area contributed by atoms with E-state index in [0.29, 0.717) is 16.1 Å². The highest BCUT2D eigenvalue weighted by Gasteiger charge is 2.14. The minimum absolute atomic E-state index is 0.260. The van der Waals surface area contributed by atoms with Gasteiger partial charge in [0.05, 0.1) is 11.1 Å². The molecule has 0 aliphatic carbocycles. The maximum Gasteiger partial charge on any atom is 0.340 e. The van der Waals surface area contributed by atoms with Gasteiger partial charge in [0, 0.05) is 24.0 Å². The molecule has 6 nitrogen and oxygen atoms in total. The molecule has 1 heterocycles. The molecule has 2 aromatic carbocycles. The van der Waals surface area contributed by atoms with Crippen molar-refractivity contribution in [1.29, 1.82) is 0 Å². The van der Waals surface area contributed by atoms with Gasteiger partial charge in [-0.2, -0.15) is 0 Å². The van der Waals surface area contributed by atoms with Crippen molar-refractivity contribution in [3.8, 4) is 0 Å². The molecule has 3 aromatic rings. The fourth-order valence-corrected chi connectivity index (χ4v) is 2.46. The highest BCUT2D eigenvalue weighted by atomic mass is 35.5. The Kier molecular flexibility index (Phi) is 5.20. The maximum absolute atomic E-state index is 12.2. The Morgan fingerprint density at radius 2 is 1.84 bits per heavy atom. The van der Waals surface area contributed by atoms with Crippen molar-refractivity contribution in [2.24, 2.45) is 0 Å². The van der Waals surface area contributed by atoms with Gasteiger partial charge in [0.2, 0.25) is 0 Å². The SMILES string of the molecule is O=C(COC(=O)c1cccc2nccnc12)NCc1ccccc1Cl. The third kappa shape index (κ3) is 4.10. The van der Waals surface area contributed by atoms with Gasteiger partial charge in [-0.1, -0.05) is 35.9 Å². The minimum atomic E-state index is -0.626. The average Bonchev–Trinajstić information content (AvgIpc) is 2.65. The van der Waals surface area contributed by atoms with Crippen molar-refractivity contribution < 1.29 is 14.3 Å². The van der Waals surface area contributed by atoms with E-state index >= 15 is 0 Å². The summed E-state index contributed by atoms with van der Waals surface area (Å²) >= 11 is 6.02. The van der Waals surface area contributed by atoms with Crippen LogP contribution < -0.4 is 5.32 Å². The molecule has 25 heavy (non-hydrogen) atoms. The molecule has 1 amide bonds. The summed E-state index contributed by atoms with van der Waals surface area (Å²) in [6.07, 6.45) is 3.04. The van der Waals surface area contributed by atoms with E-state index in [9.17, 15) is 9.59 Å². The lowest BCUT2D eigenvalue weighted by molar-refractivity contribution is -0.124. The van der Waals surface area contributed by atoms with Gasteiger partial charge in [0.15, 0.2) is 6.61 Å². The maximum atomic E-state index is 12.2. The van der Waals surface area contributed by atoms with Crippen molar-refractivity contribution in [2.75, 3.05) is 6.61 Å². The van der Waals surface area contributed by atoms with Crippen LogP contribution in [0.25, 0.3) is 11.0 Å². The number of halogens is 1. The Bertz CT molecular complexity index is 925. The number of aromatic nitrogens is 2. The van der Waals surface area contributed by atoms with E-state index in [1.54, 1.807) is 30.5 Å². The highest BCUT2D eigenvalue weighted by molar-refractivity contribution is 6.31. The molecule has 0 atom stereocenters. The zero-order valence-corrected chi connectivity index (χ0v) is 13.9. The van der Waals surface area contributed by atoms with Crippen molar-refractivity contribution in [3.63, 3.8) is 0 Å². The van der Waals surface area contributed by atoms with Gasteiger partial charge >= 0.3 is 5.97 Å². The van der Waals surface area contributed by atoms with Crippen LogP contribution in [-0.4, -0.2) is 28.5 Å². The van der Waals surface area contributed by atoms with Gasteiger partial charge in [-0.25, -0.2) is 4.79 Å². The fraction of sp³-hybridized carbons (Fsp3) is 0.111. The first-order valence-corrected chi connectivity index (χ1v) is 7.90. The topological polar surface area (TPSA) is 81.2 Å². The Labute approximate surface area is 148 Å². The minimum Gasteiger partial charge on any atom is -0.452 e. The molecule has 0 radical (unpaired) electrons. The quantitative estimate of drug-likeness (QED) is 0.712. The van der Waals surface area contributed by atoms with Crippen LogP contribution in [0.2, 0.25) is 5.02 Å². The molecule has 1 aromatic heterocycles.